The van der Waals surface area contributed by atoms with Crippen molar-refractivity contribution in [2.75, 3.05) is 0 Å². The van der Waals surface area contributed by atoms with E-state index >= 15 is 0 Å². The van der Waals surface area contributed by atoms with Crippen LogP contribution in [0.4, 0.5) is 0 Å². The molecule has 0 saturated heterocycles. The van der Waals surface area contributed by atoms with Gasteiger partial charge in [0.05, 0.1) is 5.56 Å². The minimum absolute atomic E-state index is 0.267. The molecule has 2 nitrogen and oxygen atoms in total. The minimum Gasteiger partial charge on any atom is -0.457 e. The Morgan fingerprint density at radius 3 is 2.48 bits per heavy atom. The predicted octanol–water partition coefficient (Wildman–Crippen LogP) is 5.20. The number of halogens is 1. The van der Waals surface area contributed by atoms with Gasteiger partial charge < -0.3 is 10.5 Å². The molecule has 2 rings (SSSR count). The summed E-state index contributed by atoms with van der Waals surface area (Å²) in [5, 5.41) is 0.580. The van der Waals surface area contributed by atoms with Crippen molar-refractivity contribution in [1.82, 2.24) is 0 Å². The van der Waals surface area contributed by atoms with Crippen LogP contribution in [0, 0.1) is 6.92 Å². The topological polar surface area (TPSA) is 35.2 Å². The molecule has 0 aliphatic heterocycles. The molecule has 0 aliphatic rings. The van der Waals surface area contributed by atoms with Gasteiger partial charge in [0.15, 0.2) is 0 Å². The fourth-order valence-electron chi connectivity index (χ4n) is 2.27. The average Bonchev–Trinajstić information content (AvgIpc) is 2.40. The lowest BCUT2D eigenvalue weighted by molar-refractivity contribution is 0.481. The third kappa shape index (κ3) is 3.74. The number of hydrogen-bond acceptors (Lipinski definition) is 2. The number of nitrogens with two attached hydrogens (primary N) is 1. The summed E-state index contributed by atoms with van der Waals surface area (Å²) in [6.07, 6.45) is 0. The molecular weight excluding hydrogens is 302 g/mol. The fourth-order valence-corrected chi connectivity index (χ4v) is 2.60. The van der Waals surface area contributed by atoms with E-state index in [0.29, 0.717) is 22.3 Å². The quantitative estimate of drug-likeness (QED) is 0.787. The summed E-state index contributed by atoms with van der Waals surface area (Å²) >= 11 is 11.0. The van der Waals surface area contributed by atoms with E-state index in [-0.39, 0.29) is 4.99 Å². The van der Waals surface area contributed by atoms with Crippen molar-refractivity contribution in [3.8, 4) is 11.5 Å². The molecule has 0 bridgehead atoms. The molecule has 0 fully saturated rings. The van der Waals surface area contributed by atoms with Gasteiger partial charge in [-0.15, -0.1) is 0 Å². The van der Waals surface area contributed by atoms with Gasteiger partial charge in [-0.05, 0) is 54.3 Å². The Bertz CT molecular complexity index is 682. The highest BCUT2D eigenvalue weighted by molar-refractivity contribution is 7.80. The Morgan fingerprint density at radius 2 is 1.90 bits per heavy atom. The largest absolute Gasteiger partial charge is 0.457 e. The summed E-state index contributed by atoms with van der Waals surface area (Å²) in [7, 11) is 0. The third-order valence-corrected chi connectivity index (χ3v) is 3.75. The van der Waals surface area contributed by atoms with E-state index in [4.69, 9.17) is 34.3 Å². The number of hydrogen-bond donors (Lipinski definition) is 1. The summed E-state index contributed by atoms with van der Waals surface area (Å²) < 4.78 is 5.92. The van der Waals surface area contributed by atoms with Crippen LogP contribution >= 0.6 is 23.8 Å². The van der Waals surface area contributed by atoms with Crippen molar-refractivity contribution >= 4 is 28.8 Å². The summed E-state index contributed by atoms with van der Waals surface area (Å²) in [5.74, 6) is 1.86. The first kappa shape index (κ1) is 15.8. The first-order chi connectivity index (χ1) is 9.88. The highest BCUT2D eigenvalue weighted by Gasteiger charge is 2.10. The minimum atomic E-state index is 0.267. The van der Waals surface area contributed by atoms with E-state index in [1.54, 1.807) is 18.2 Å². The van der Waals surface area contributed by atoms with Crippen LogP contribution in [0.25, 0.3) is 0 Å². The molecule has 0 atom stereocenters. The van der Waals surface area contributed by atoms with Crippen molar-refractivity contribution in [1.29, 1.82) is 0 Å². The molecule has 2 N–H and O–H groups in total. The Balaban J connectivity index is 2.35. The molecule has 0 amide bonds. The Hall–Kier alpha value is -1.58. The molecular formula is C17H18ClNOS. The van der Waals surface area contributed by atoms with Crippen LogP contribution < -0.4 is 10.5 Å². The monoisotopic (exact) mass is 319 g/mol. The van der Waals surface area contributed by atoms with Crippen LogP contribution in [-0.2, 0) is 0 Å². The molecule has 4 heteroatoms. The maximum absolute atomic E-state index is 5.97. The van der Waals surface area contributed by atoms with E-state index in [1.165, 1.54) is 11.1 Å². The average molecular weight is 320 g/mol. The van der Waals surface area contributed by atoms with Crippen molar-refractivity contribution in [3.05, 3.63) is 58.1 Å². The normalized spacial score (nSPS) is 10.7. The number of benzene rings is 2. The Kier molecular flexibility index (Phi) is 4.86. The lowest BCUT2D eigenvalue weighted by Gasteiger charge is -2.14. The smallest absolute Gasteiger partial charge is 0.137 e. The summed E-state index contributed by atoms with van der Waals surface area (Å²) in [4.78, 5) is 0.267. The number of thiocarbonyl (C=S) groups is 1. The Morgan fingerprint density at radius 1 is 1.19 bits per heavy atom. The molecule has 0 unspecified atom stereocenters. The van der Waals surface area contributed by atoms with Gasteiger partial charge in [-0.2, -0.15) is 0 Å². The maximum Gasteiger partial charge on any atom is 0.137 e. The first-order valence-corrected chi connectivity index (χ1v) is 7.55. The molecule has 0 heterocycles. The van der Waals surface area contributed by atoms with Crippen molar-refractivity contribution in [2.45, 2.75) is 26.7 Å². The van der Waals surface area contributed by atoms with Gasteiger partial charge in [0.2, 0.25) is 0 Å². The van der Waals surface area contributed by atoms with Crippen molar-refractivity contribution in [3.63, 3.8) is 0 Å². The lowest BCUT2D eigenvalue weighted by Crippen LogP contribution is -2.10. The van der Waals surface area contributed by atoms with E-state index in [2.05, 4.69) is 26.8 Å². The van der Waals surface area contributed by atoms with Crippen molar-refractivity contribution in [2.24, 2.45) is 5.73 Å². The van der Waals surface area contributed by atoms with Crippen LogP contribution in [-0.4, -0.2) is 4.99 Å². The van der Waals surface area contributed by atoms with Crippen molar-refractivity contribution < 1.29 is 4.74 Å². The third-order valence-electron chi connectivity index (χ3n) is 3.30. The number of ether oxygens (including phenoxy) is 1. The molecule has 0 spiro atoms. The highest BCUT2D eigenvalue weighted by Crippen LogP contribution is 2.30. The molecule has 0 saturated carbocycles. The first-order valence-electron chi connectivity index (χ1n) is 6.76. The number of rotatable bonds is 4. The SMILES string of the molecule is Cc1cc(Oc2ccc(Cl)cc2C(N)=S)ccc1C(C)C. The second-order valence-corrected chi connectivity index (χ2v) is 6.16. The standard InChI is InChI=1S/C17H18ClNOS/c1-10(2)14-6-5-13(8-11(14)3)20-16-7-4-12(18)9-15(16)17(19)21/h4-10H,1-3H3,(H2,19,21). The van der Waals surface area contributed by atoms with E-state index in [1.807, 2.05) is 12.1 Å². The van der Waals surface area contributed by atoms with E-state index in [9.17, 15) is 0 Å². The molecule has 0 aromatic heterocycles. The Labute approximate surface area is 135 Å². The van der Waals surface area contributed by atoms with Crippen LogP contribution in [0.3, 0.4) is 0 Å². The maximum atomic E-state index is 5.97. The summed E-state index contributed by atoms with van der Waals surface area (Å²) in [6, 6.07) is 11.3. The molecule has 0 aliphatic carbocycles. The molecule has 2 aromatic carbocycles. The summed E-state index contributed by atoms with van der Waals surface area (Å²) in [6.45, 7) is 6.43. The van der Waals surface area contributed by atoms with Gasteiger partial charge in [0.25, 0.3) is 0 Å². The molecule has 0 radical (unpaired) electrons. The van der Waals surface area contributed by atoms with Crippen LogP contribution in [0.2, 0.25) is 5.02 Å². The van der Waals surface area contributed by atoms with Gasteiger partial charge in [-0.3, -0.25) is 0 Å². The fraction of sp³-hybridized carbons (Fsp3) is 0.235. The summed E-state index contributed by atoms with van der Waals surface area (Å²) in [5.41, 5.74) is 8.88. The highest BCUT2D eigenvalue weighted by atomic mass is 35.5. The second kappa shape index (κ2) is 6.46. The predicted molar refractivity (Wildman–Crippen MR) is 92.7 cm³/mol. The van der Waals surface area contributed by atoms with Crippen LogP contribution in [0.15, 0.2) is 36.4 Å². The van der Waals surface area contributed by atoms with Gasteiger partial charge >= 0.3 is 0 Å². The lowest BCUT2D eigenvalue weighted by atomic mass is 9.98. The second-order valence-electron chi connectivity index (χ2n) is 5.28. The van der Waals surface area contributed by atoms with Crippen LogP contribution in [0.5, 0.6) is 11.5 Å². The van der Waals surface area contributed by atoms with E-state index < -0.39 is 0 Å². The van der Waals surface area contributed by atoms with Gasteiger partial charge in [-0.25, -0.2) is 0 Å². The zero-order valence-electron chi connectivity index (χ0n) is 12.3. The van der Waals surface area contributed by atoms with Crippen LogP contribution in [0.1, 0.15) is 36.5 Å². The molecule has 21 heavy (non-hydrogen) atoms. The van der Waals surface area contributed by atoms with Gasteiger partial charge in [-0.1, -0.05) is 43.7 Å². The van der Waals surface area contributed by atoms with Gasteiger partial charge in [0, 0.05) is 5.02 Å². The van der Waals surface area contributed by atoms with E-state index in [0.717, 1.165) is 5.75 Å². The number of aryl methyl sites for hydroxylation is 1. The molecule has 2 aromatic rings. The molecule has 110 valence electrons. The van der Waals surface area contributed by atoms with Gasteiger partial charge in [0.1, 0.15) is 16.5 Å². The zero-order chi connectivity index (χ0) is 15.6. The zero-order valence-corrected chi connectivity index (χ0v) is 13.9.